The van der Waals surface area contributed by atoms with Crippen LogP contribution in [-0.4, -0.2) is 50.7 Å². The molecule has 0 bridgehead atoms. The fraction of sp³-hybridized carbons (Fsp3) is 0.917. The van der Waals surface area contributed by atoms with E-state index in [1.807, 2.05) is 7.05 Å². The van der Waals surface area contributed by atoms with Gasteiger partial charge < -0.3 is 15.0 Å². The van der Waals surface area contributed by atoms with Crippen LogP contribution in [0.25, 0.3) is 0 Å². The largest absolute Gasteiger partial charge is 0.469 e. The molecular weight excluding hydrogens is 204 g/mol. The first-order chi connectivity index (χ1) is 7.60. The first-order valence-electron chi connectivity index (χ1n) is 6.06. The summed E-state index contributed by atoms with van der Waals surface area (Å²) in [6.45, 7) is 7.23. The molecule has 1 fully saturated rings. The number of carbonyl (C=O) groups is 1. The number of likely N-dealkylation sites (tertiary alicyclic amines) is 1. The van der Waals surface area contributed by atoms with Gasteiger partial charge in [0.15, 0.2) is 0 Å². The molecule has 16 heavy (non-hydrogen) atoms. The third kappa shape index (κ3) is 3.19. The highest BCUT2D eigenvalue weighted by Gasteiger charge is 2.34. The van der Waals surface area contributed by atoms with E-state index in [0.717, 1.165) is 19.5 Å². The number of esters is 1. The van der Waals surface area contributed by atoms with Crippen molar-refractivity contribution in [3.05, 3.63) is 0 Å². The lowest BCUT2D eigenvalue weighted by molar-refractivity contribution is -0.147. The summed E-state index contributed by atoms with van der Waals surface area (Å²) in [7, 11) is 3.35. The van der Waals surface area contributed by atoms with Crippen molar-refractivity contribution in [2.45, 2.75) is 26.3 Å². The average Bonchev–Trinajstić information content (AvgIpc) is 2.74. The summed E-state index contributed by atoms with van der Waals surface area (Å²) in [5, 5.41) is 3.08. The molecule has 2 atom stereocenters. The summed E-state index contributed by atoms with van der Waals surface area (Å²) in [4.78, 5) is 14.1. The molecule has 4 heteroatoms. The van der Waals surface area contributed by atoms with Gasteiger partial charge in [0.05, 0.1) is 13.0 Å². The highest BCUT2D eigenvalue weighted by Crippen LogP contribution is 2.26. The van der Waals surface area contributed by atoms with E-state index in [2.05, 4.69) is 24.1 Å². The van der Waals surface area contributed by atoms with Crippen molar-refractivity contribution in [2.75, 3.05) is 33.8 Å². The Morgan fingerprint density at radius 3 is 2.69 bits per heavy atom. The molecule has 0 amide bonds. The van der Waals surface area contributed by atoms with Crippen molar-refractivity contribution in [3.63, 3.8) is 0 Å². The zero-order valence-corrected chi connectivity index (χ0v) is 10.8. The molecule has 0 spiro atoms. The van der Waals surface area contributed by atoms with Gasteiger partial charge in [-0.2, -0.15) is 0 Å². The van der Waals surface area contributed by atoms with Gasteiger partial charge in [0.2, 0.25) is 0 Å². The fourth-order valence-corrected chi connectivity index (χ4v) is 2.43. The van der Waals surface area contributed by atoms with Crippen molar-refractivity contribution in [3.8, 4) is 0 Å². The minimum absolute atomic E-state index is 0.00116. The minimum Gasteiger partial charge on any atom is -0.469 e. The molecule has 0 aromatic carbocycles. The number of ether oxygens (including phenoxy) is 1. The van der Waals surface area contributed by atoms with E-state index in [9.17, 15) is 4.79 Å². The molecular formula is C12H24N2O2. The molecule has 0 radical (unpaired) electrons. The maximum absolute atomic E-state index is 11.7. The number of nitrogens with zero attached hydrogens (tertiary/aromatic N) is 1. The second-order valence-electron chi connectivity index (χ2n) is 4.82. The predicted molar refractivity (Wildman–Crippen MR) is 64.2 cm³/mol. The van der Waals surface area contributed by atoms with Gasteiger partial charge in [-0.3, -0.25) is 4.79 Å². The third-order valence-corrected chi connectivity index (χ3v) is 3.48. The van der Waals surface area contributed by atoms with Crippen LogP contribution in [0, 0.1) is 11.8 Å². The number of hydrogen-bond acceptors (Lipinski definition) is 4. The van der Waals surface area contributed by atoms with E-state index in [-0.39, 0.29) is 11.9 Å². The number of rotatable bonds is 5. The molecule has 1 aliphatic rings. The van der Waals surface area contributed by atoms with E-state index >= 15 is 0 Å². The molecule has 0 saturated carbocycles. The zero-order valence-electron chi connectivity index (χ0n) is 10.8. The SMILES string of the molecule is CNCC(C(=O)OC)C1CCN(C(C)C)C1. The van der Waals surface area contributed by atoms with Crippen LogP contribution in [0.5, 0.6) is 0 Å². The Morgan fingerprint density at radius 1 is 1.56 bits per heavy atom. The van der Waals surface area contributed by atoms with E-state index in [4.69, 9.17) is 4.74 Å². The zero-order chi connectivity index (χ0) is 12.1. The molecule has 0 aliphatic carbocycles. The van der Waals surface area contributed by atoms with Crippen LogP contribution >= 0.6 is 0 Å². The van der Waals surface area contributed by atoms with E-state index in [0.29, 0.717) is 18.5 Å². The van der Waals surface area contributed by atoms with Gasteiger partial charge in [0.25, 0.3) is 0 Å². The van der Waals surface area contributed by atoms with Gasteiger partial charge >= 0.3 is 5.97 Å². The highest BCUT2D eigenvalue weighted by molar-refractivity contribution is 5.73. The van der Waals surface area contributed by atoms with Crippen LogP contribution < -0.4 is 5.32 Å². The van der Waals surface area contributed by atoms with Gasteiger partial charge in [0.1, 0.15) is 0 Å². The molecule has 2 unspecified atom stereocenters. The lowest BCUT2D eigenvalue weighted by atomic mass is 9.91. The number of nitrogens with one attached hydrogen (secondary N) is 1. The van der Waals surface area contributed by atoms with Gasteiger partial charge in [-0.05, 0) is 39.8 Å². The van der Waals surface area contributed by atoms with Crippen molar-refractivity contribution < 1.29 is 9.53 Å². The minimum atomic E-state index is -0.0787. The molecule has 1 rings (SSSR count). The molecule has 0 aromatic heterocycles. The lowest BCUT2D eigenvalue weighted by Crippen LogP contribution is -2.36. The van der Waals surface area contributed by atoms with E-state index in [1.54, 1.807) is 0 Å². The summed E-state index contributed by atoms with van der Waals surface area (Å²) >= 11 is 0. The van der Waals surface area contributed by atoms with Crippen molar-refractivity contribution in [1.29, 1.82) is 0 Å². The van der Waals surface area contributed by atoms with Crippen LogP contribution in [0.4, 0.5) is 0 Å². The third-order valence-electron chi connectivity index (χ3n) is 3.48. The molecule has 1 aliphatic heterocycles. The van der Waals surface area contributed by atoms with Crippen molar-refractivity contribution in [1.82, 2.24) is 10.2 Å². The van der Waals surface area contributed by atoms with Gasteiger partial charge in [-0.1, -0.05) is 0 Å². The van der Waals surface area contributed by atoms with Crippen molar-refractivity contribution in [2.24, 2.45) is 11.8 Å². The number of hydrogen-bond donors (Lipinski definition) is 1. The molecule has 0 aromatic rings. The molecule has 1 saturated heterocycles. The first kappa shape index (κ1) is 13.5. The van der Waals surface area contributed by atoms with E-state index in [1.165, 1.54) is 7.11 Å². The summed E-state index contributed by atoms with van der Waals surface area (Å²) in [5.41, 5.74) is 0. The van der Waals surface area contributed by atoms with E-state index < -0.39 is 0 Å². The smallest absolute Gasteiger partial charge is 0.310 e. The van der Waals surface area contributed by atoms with Crippen LogP contribution in [-0.2, 0) is 9.53 Å². The Bertz CT molecular complexity index is 231. The number of carbonyl (C=O) groups excluding carboxylic acids is 1. The van der Waals surface area contributed by atoms with Crippen molar-refractivity contribution >= 4 is 5.97 Å². The topological polar surface area (TPSA) is 41.6 Å². The van der Waals surface area contributed by atoms with Crippen LogP contribution in [0.1, 0.15) is 20.3 Å². The van der Waals surface area contributed by atoms with Crippen LogP contribution in [0.15, 0.2) is 0 Å². The number of methoxy groups -OCH3 is 1. The Kier molecular flexibility index (Phi) is 5.22. The first-order valence-corrected chi connectivity index (χ1v) is 6.06. The summed E-state index contributed by atoms with van der Waals surface area (Å²) < 4.78 is 4.88. The molecule has 94 valence electrons. The molecule has 1 heterocycles. The quantitative estimate of drug-likeness (QED) is 0.704. The van der Waals surface area contributed by atoms with Gasteiger partial charge in [-0.15, -0.1) is 0 Å². The summed E-state index contributed by atoms with van der Waals surface area (Å²) in [6.07, 6.45) is 1.10. The molecule has 4 nitrogen and oxygen atoms in total. The lowest BCUT2D eigenvalue weighted by Gasteiger charge is -2.23. The monoisotopic (exact) mass is 228 g/mol. The standard InChI is InChI=1S/C12H24N2O2/c1-9(2)14-6-5-10(8-14)11(7-13-3)12(15)16-4/h9-11,13H,5-8H2,1-4H3. The average molecular weight is 228 g/mol. The Balaban J connectivity index is 2.56. The summed E-state index contributed by atoms with van der Waals surface area (Å²) in [5.74, 6) is 0.353. The molecule has 1 N–H and O–H groups in total. The maximum Gasteiger partial charge on any atom is 0.310 e. The second-order valence-corrected chi connectivity index (χ2v) is 4.82. The Morgan fingerprint density at radius 2 is 2.25 bits per heavy atom. The fourth-order valence-electron chi connectivity index (χ4n) is 2.43. The summed E-state index contributed by atoms with van der Waals surface area (Å²) in [6, 6.07) is 0.567. The van der Waals surface area contributed by atoms with Gasteiger partial charge in [-0.25, -0.2) is 0 Å². The Hall–Kier alpha value is -0.610. The second kappa shape index (κ2) is 6.21. The highest BCUT2D eigenvalue weighted by atomic mass is 16.5. The maximum atomic E-state index is 11.7. The van der Waals surface area contributed by atoms with Gasteiger partial charge in [0, 0.05) is 19.1 Å². The van der Waals surface area contributed by atoms with Crippen LogP contribution in [0.3, 0.4) is 0 Å². The predicted octanol–water partition coefficient (Wildman–Crippen LogP) is 0.725. The normalized spacial score (nSPS) is 23.7. The Labute approximate surface area is 98.3 Å². The van der Waals surface area contributed by atoms with Crippen LogP contribution in [0.2, 0.25) is 0 Å².